The van der Waals surface area contributed by atoms with E-state index in [1.54, 1.807) is 0 Å². The third kappa shape index (κ3) is 8.46. The van der Waals surface area contributed by atoms with Crippen LogP contribution >= 0.6 is 0 Å². The van der Waals surface area contributed by atoms with Crippen LogP contribution in [0.4, 0.5) is 4.79 Å². The molecule has 3 N–H and O–H groups in total. The summed E-state index contributed by atoms with van der Waals surface area (Å²) >= 11 is 0. The number of rotatable bonds is 10. The minimum atomic E-state index is -0.746. The van der Waals surface area contributed by atoms with Gasteiger partial charge in [-0.3, -0.25) is 4.79 Å². The molecule has 1 aliphatic rings. The van der Waals surface area contributed by atoms with E-state index in [9.17, 15) is 9.59 Å². The molecule has 0 aromatic carbocycles. The van der Waals surface area contributed by atoms with Crippen molar-refractivity contribution in [1.29, 1.82) is 0 Å². The summed E-state index contributed by atoms with van der Waals surface area (Å²) in [5.41, 5.74) is 0. The molecule has 0 saturated heterocycles. The molecule has 0 bridgehead atoms. The highest BCUT2D eigenvalue weighted by molar-refractivity contribution is 5.73. The Kier molecular flexibility index (Phi) is 7.30. The van der Waals surface area contributed by atoms with E-state index >= 15 is 0 Å². The molecule has 2 amide bonds. The van der Waals surface area contributed by atoms with Gasteiger partial charge in [0.15, 0.2) is 0 Å². The number of carbonyl (C=O) groups excluding carboxylic acids is 1. The predicted octanol–water partition coefficient (Wildman–Crippen LogP) is 2.37. The highest BCUT2D eigenvalue weighted by Gasteiger charge is 2.20. The van der Waals surface area contributed by atoms with Crippen molar-refractivity contribution in [2.24, 2.45) is 11.8 Å². The lowest BCUT2D eigenvalue weighted by atomic mass is 9.97. The molecule has 1 saturated carbocycles. The van der Waals surface area contributed by atoms with Crippen LogP contribution in [0.3, 0.4) is 0 Å². The first-order valence-corrected chi connectivity index (χ1v) is 7.35. The smallest absolute Gasteiger partial charge is 0.314 e. The van der Waals surface area contributed by atoms with Crippen LogP contribution in [0.5, 0.6) is 0 Å². The summed E-state index contributed by atoms with van der Waals surface area (Å²) in [4.78, 5) is 22.0. The molecule has 0 radical (unpaired) electrons. The van der Waals surface area contributed by atoms with Gasteiger partial charge in [-0.15, -0.1) is 0 Å². The molecule has 5 heteroatoms. The molecule has 19 heavy (non-hydrogen) atoms. The molecule has 0 aromatic heterocycles. The zero-order chi connectivity index (χ0) is 14.1. The third-order valence-corrected chi connectivity index (χ3v) is 3.72. The van der Waals surface area contributed by atoms with Crippen molar-refractivity contribution in [3.63, 3.8) is 0 Å². The van der Waals surface area contributed by atoms with Crippen LogP contribution in [-0.2, 0) is 4.79 Å². The van der Waals surface area contributed by atoms with Crippen LogP contribution in [0.1, 0.15) is 51.9 Å². The molecule has 0 heterocycles. The predicted molar refractivity (Wildman–Crippen MR) is 74.0 cm³/mol. The van der Waals surface area contributed by atoms with E-state index in [2.05, 4.69) is 17.6 Å². The maximum Gasteiger partial charge on any atom is 0.314 e. The van der Waals surface area contributed by atoms with Crippen LogP contribution in [0.15, 0.2) is 0 Å². The van der Waals surface area contributed by atoms with Crippen molar-refractivity contribution in [3.05, 3.63) is 0 Å². The Bertz CT molecular complexity index is 290. The molecule has 1 fully saturated rings. The standard InChI is InChI=1S/C14H26N2O3/c1-2-11(5-6-13(17)18)7-9-15-14(19)16-10-8-12-3-4-12/h11-12H,2-10H2,1H3,(H,17,18)(H2,15,16,19). The van der Waals surface area contributed by atoms with Gasteiger partial charge in [-0.25, -0.2) is 4.79 Å². The quantitative estimate of drug-likeness (QED) is 0.570. The van der Waals surface area contributed by atoms with Crippen LogP contribution < -0.4 is 10.6 Å². The molecule has 0 aliphatic heterocycles. The van der Waals surface area contributed by atoms with E-state index < -0.39 is 5.97 Å². The maximum atomic E-state index is 11.5. The molecule has 1 unspecified atom stereocenters. The lowest BCUT2D eigenvalue weighted by Crippen LogP contribution is -2.37. The molecule has 1 atom stereocenters. The Morgan fingerprint density at radius 3 is 2.47 bits per heavy atom. The number of carboxylic acids is 1. The highest BCUT2D eigenvalue weighted by Crippen LogP contribution is 2.31. The van der Waals surface area contributed by atoms with Crippen LogP contribution in [-0.4, -0.2) is 30.2 Å². The summed E-state index contributed by atoms with van der Waals surface area (Å²) in [6.45, 7) is 3.43. The van der Waals surface area contributed by atoms with Crippen LogP contribution in [0.2, 0.25) is 0 Å². The number of urea groups is 1. The van der Waals surface area contributed by atoms with E-state index in [1.807, 2.05) is 0 Å². The van der Waals surface area contributed by atoms with Gasteiger partial charge in [0.2, 0.25) is 0 Å². The van der Waals surface area contributed by atoms with Crippen molar-refractivity contribution in [3.8, 4) is 0 Å². The van der Waals surface area contributed by atoms with Gasteiger partial charge >= 0.3 is 12.0 Å². The number of carboxylic acid groups (broad SMARTS) is 1. The zero-order valence-electron chi connectivity index (χ0n) is 11.8. The van der Waals surface area contributed by atoms with Gasteiger partial charge in [0.1, 0.15) is 0 Å². The Morgan fingerprint density at radius 2 is 1.89 bits per heavy atom. The lowest BCUT2D eigenvalue weighted by Gasteiger charge is -2.14. The Balaban J connectivity index is 1.99. The van der Waals surface area contributed by atoms with E-state index in [0.29, 0.717) is 18.9 Å². The molecule has 110 valence electrons. The van der Waals surface area contributed by atoms with Gasteiger partial charge in [-0.05, 0) is 31.1 Å². The molecule has 0 aromatic rings. The number of nitrogens with one attached hydrogen (secondary N) is 2. The number of amides is 2. The van der Waals surface area contributed by atoms with Gasteiger partial charge in [-0.1, -0.05) is 26.2 Å². The second-order valence-corrected chi connectivity index (χ2v) is 5.41. The summed E-state index contributed by atoms with van der Waals surface area (Å²) in [6, 6.07) is -0.103. The molecule has 0 spiro atoms. The first-order valence-electron chi connectivity index (χ1n) is 7.35. The normalized spacial score (nSPS) is 15.8. The summed E-state index contributed by atoms with van der Waals surface area (Å²) in [6.07, 6.45) is 6.42. The summed E-state index contributed by atoms with van der Waals surface area (Å²) < 4.78 is 0. The van der Waals surface area contributed by atoms with E-state index in [-0.39, 0.29) is 12.5 Å². The van der Waals surface area contributed by atoms with Crippen LogP contribution in [0, 0.1) is 11.8 Å². The number of aliphatic carboxylic acids is 1. The minimum absolute atomic E-state index is 0.103. The van der Waals surface area contributed by atoms with Gasteiger partial charge in [-0.2, -0.15) is 0 Å². The summed E-state index contributed by atoms with van der Waals surface area (Å²) in [7, 11) is 0. The fourth-order valence-electron chi connectivity index (χ4n) is 2.13. The van der Waals surface area contributed by atoms with E-state index in [1.165, 1.54) is 12.8 Å². The second-order valence-electron chi connectivity index (χ2n) is 5.41. The molecular weight excluding hydrogens is 244 g/mol. The fraction of sp³-hybridized carbons (Fsp3) is 0.857. The van der Waals surface area contributed by atoms with Gasteiger partial charge in [0.25, 0.3) is 0 Å². The van der Waals surface area contributed by atoms with Crippen molar-refractivity contribution in [2.45, 2.75) is 51.9 Å². The SMILES string of the molecule is CCC(CCNC(=O)NCCC1CC1)CCC(=O)O. The summed E-state index contributed by atoms with van der Waals surface area (Å²) in [5, 5.41) is 14.3. The highest BCUT2D eigenvalue weighted by atomic mass is 16.4. The van der Waals surface area contributed by atoms with Gasteiger partial charge in [0, 0.05) is 19.5 Å². The van der Waals surface area contributed by atoms with Crippen molar-refractivity contribution in [1.82, 2.24) is 10.6 Å². The minimum Gasteiger partial charge on any atom is -0.481 e. The number of hydrogen-bond donors (Lipinski definition) is 3. The first kappa shape index (κ1) is 15.8. The topological polar surface area (TPSA) is 78.4 Å². The number of hydrogen-bond acceptors (Lipinski definition) is 2. The average molecular weight is 270 g/mol. The summed E-state index contributed by atoms with van der Waals surface area (Å²) in [5.74, 6) is 0.466. The van der Waals surface area contributed by atoms with E-state index in [0.717, 1.165) is 31.7 Å². The number of carbonyl (C=O) groups is 2. The van der Waals surface area contributed by atoms with Gasteiger partial charge in [0.05, 0.1) is 0 Å². The average Bonchev–Trinajstić information content (AvgIpc) is 3.17. The van der Waals surface area contributed by atoms with Crippen molar-refractivity contribution >= 4 is 12.0 Å². The maximum absolute atomic E-state index is 11.5. The van der Waals surface area contributed by atoms with E-state index in [4.69, 9.17) is 5.11 Å². The first-order chi connectivity index (χ1) is 9.11. The largest absolute Gasteiger partial charge is 0.481 e. The third-order valence-electron chi connectivity index (χ3n) is 3.72. The molecule has 1 rings (SSSR count). The molecule has 1 aliphatic carbocycles. The lowest BCUT2D eigenvalue weighted by molar-refractivity contribution is -0.137. The van der Waals surface area contributed by atoms with Crippen LogP contribution in [0.25, 0.3) is 0 Å². The molecular formula is C14H26N2O3. The molecule has 5 nitrogen and oxygen atoms in total. The second kappa shape index (κ2) is 8.77. The Morgan fingerprint density at radius 1 is 1.21 bits per heavy atom. The zero-order valence-corrected chi connectivity index (χ0v) is 11.8. The van der Waals surface area contributed by atoms with Crippen molar-refractivity contribution < 1.29 is 14.7 Å². The van der Waals surface area contributed by atoms with Crippen molar-refractivity contribution in [2.75, 3.05) is 13.1 Å². The Hall–Kier alpha value is -1.26. The Labute approximate surface area is 115 Å². The monoisotopic (exact) mass is 270 g/mol. The fourth-order valence-corrected chi connectivity index (χ4v) is 2.13. The van der Waals surface area contributed by atoms with Gasteiger partial charge < -0.3 is 15.7 Å².